The number of para-hydroxylation sites is 1. The molecule has 0 saturated carbocycles. The highest BCUT2D eigenvalue weighted by molar-refractivity contribution is 5.86. The summed E-state index contributed by atoms with van der Waals surface area (Å²) < 4.78 is 47.4. The van der Waals surface area contributed by atoms with Gasteiger partial charge in [-0.1, -0.05) is 60.7 Å². The number of nitrogens with zero attached hydrogens (tertiary/aromatic N) is 2. The maximum absolute atomic E-state index is 13.3. The van der Waals surface area contributed by atoms with Gasteiger partial charge < -0.3 is 14.6 Å². The first-order chi connectivity index (χ1) is 18.9. The fourth-order valence-corrected chi connectivity index (χ4v) is 5.21. The van der Waals surface area contributed by atoms with Gasteiger partial charge in [-0.05, 0) is 34.9 Å². The Balaban J connectivity index is 1.44. The van der Waals surface area contributed by atoms with Crippen molar-refractivity contribution in [2.24, 2.45) is 0 Å². The highest BCUT2D eigenvalue weighted by Gasteiger charge is 2.31. The van der Waals surface area contributed by atoms with Gasteiger partial charge in [0.15, 0.2) is 0 Å². The van der Waals surface area contributed by atoms with Crippen molar-refractivity contribution in [3.05, 3.63) is 107 Å². The number of ether oxygens (including phenoxy) is 1. The molecular weight excluding hydrogens is 503 g/mol. The number of carbonyl (C=O) groups excluding carboxylic acids is 1. The Bertz CT molecular complexity index is 1380. The first-order valence-electron chi connectivity index (χ1n) is 13.2. The number of carbonyl (C=O) groups is 1. The number of rotatable bonds is 9. The number of alkyl halides is 3. The lowest BCUT2D eigenvalue weighted by atomic mass is 9.87. The SMILES string of the molecule is O=C(C[C@@H](c1ccc(C(F)(F)F)cc1)c1cn(Cc2ccccc2)c2ccccc12)NCCN1CCOCC1. The Kier molecular flexibility index (Phi) is 8.33. The average molecular weight is 536 g/mol. The quantitative estimate of drug-likeness (QED) is 0.300. The average Bonchev–Trinajstić information content (AvgIpc) is 3.30. The lowest BCUT2D eigenvalue weighted by Crippen LogP contribution is -2.41. The van der Waals surface area contributed by atoms with Gasteiger partial charge in [-0.25, -0.2) is 0 Å². The van der Waals surface area contributed by atoms with Gasteiger partial charge in [-0.2, -0.15) is 13.2 Å². The molecule has 0 aliphatic carbocycles. The first kappa shape index (κ1) is 27.0. The smallest absolute Gasteiger partial charge is 0.379 e. The van der Waals surface area contributed by atoms with Crippen LogP contribution in [-0.2, 0) is 22.3 Å². The predicted octanol–water partition coefficient (Wildman–Crippen LogP) is 5.68. The highest BCUT2D eigenvalue weighted by atomic mass is 19.4. The van der Waals surface area contributed by atoms with E-state index >= 15 is 0 Å². The van der Waals surface area contributed by atoms with Gasteiger partial charge in [0.1, 0.15) is 0 Å². The number of aromatic nitrogens is 1. The second-order valence-corrected chi connectivity index (χ2v) is 9.90. The molecule has 1 aliphatic rings. The summed E-state index contributed by atoms with van der Waals surface area (Å²) in [5, 5.41) is 4.01. The summed E-state index contributed by atoms with van der Waals surface area (Å²) in [6, 6.07) is 23.2. The summed E-state index contributed by atoms with van der Waals surface area (Å²) in [6.45, 7) is 4.95. The number of hydrogen-bond acceptors (Lipinski definition) is 3. The molecule has 8 heteroatoms. The zero-order valence-electron chi connectivity index (χ0n) is 21.7. The summed E-state index contributed by atoms with van der Waals surface area (Å²) in [5.74, 6) is -0.536. The number of benzene rings is 3. The molecular formula is C31H32F3N3O2. The molecule has 1 aliphatic heterocycles. The first-order valence-corrected chi connectivity index (χ1v) is 13.2. The normalized spacial score (nSPS) is 15.4. The van der Waals surface area contributed by atoms with Gasteiger partial charge >= 0.3 is 6.18 Å². The van der Waals surface area contributed by atoms with Crippen molar-refractivity contribution in [3.63, 3.8) is 0 Å². The molecule has 0 bridgehead atoms. The van der Waals surface area contributed by atoms with Crippen LogP contribution in [0.5, 0.6) is 0 Å². The molecule has 39 heavy (non-hydrogen) atoms. The molecule has 4 aromatic rings. The van der Waals surface area contributed by atoms with Gasteiger partial charge in [0.2, 0.25) is 5.91 Å². The number of halogens is 3. The Hall–Kier alpha value is -3.62. The summed E-state index contributed by atoms with van der Waals surface area (Å²) >= 11 is 0. The Morgan fingerprint density at radius 2 is 1.62 bits per heavy atom. The largest absolute Gasteiger partial charge is 0.416 e. The van der Waals surface area contributed by atoms with E-state index in [1.807, 2.05) is 48.7 Å². The molecule has 0 spiro atoms. The van der Waals surface area contributed by atoms with Crippen molar-refractivity contribution < 1.29 is 22.7 Å². The van der Waals surface area contributed by atoms with E-state index in [4.69, 9.17) is 4.74 Å². The molecule has 1 N–H and O–H groups in total. The van der Waals surface area contributed by atoms with Crippen LogP contribution in [0.2, 0.25) is 0 Å². The molecule has 0 radical (unpaired) electrons. The van der Waals surface area contributed by atoms with E-state index in [0.29, 0.717) is 31.9 Å². The molecule has 1 atom stereocenters. The molecule has 1 saturated heterocycles. The lowest BCUT2D eigenvalue weighted by Gasteiger charge is -2.26. The molecule has 5 rings (SSSR count). The Labute approximate surface area is 226 Å². The van der Waals surface area contributed by atoms with E-state index in [2.05, 4.69) is 26.9 Å². The highest BCUT2D eigenvalue weighted by Crippen LogP contribution is 2.37. The van der Waals surface area contributed by atoms with Crippen molar-refractivity contribution in [3.8, 4) is 0 Å². The Morgan fingerprint density at radius 1 is 0.923 bits per heavy atom. The maximum atomic E-state index is 13.3. The minimum absolute atomic E-state index is 0.131. The van der Waals surface area contributed by atoms with Crippen LogP contribution in [-0.4, -0.2) is 54.8 Å². The van der Waals surface area contributed by atoms with Crippen molar-refractivity contribution in [1.82, 2.24) is 14.8 Å². The zero-order valence-corrected chi connectivity index (χ0v) is 21.7. The zero-order chi connectivity index (χ0) is 27.2. The number of hydrogen-bond donors (Lipinski definition) is 1. The van der Waals surface area contributed by atoms with Crippen LogP contribution in [0.3, 0.4) is 0 Å². The molecule has 0 unspecified atom stereocenters. The van der Waals surface area contributed by atoms with Crippen molar-refractivity contribution >= 4 is 16.8 Å². The molecule has 1 amide bonds. The van der Waals surface area contributed by atoms with Crippen molar-refractivity contribution in [2.45, 2.75) is 25.1 Å². The monoisotopic (exact) mass is 535 g/mol. The van der Waals surface area contributed by atoms with E-state index < -0.39 is 17.7 Å². The molecule has 5 nitrogen and oxygen atoms in total. The summed E-state index contributed by atoms with van der Waals surface area (Å²) in [5.41, 5.74) is 3.04. The van der Waals surface area contributed by atoms with E-state index in [0.717, 1.165) is 53.8 Å². The number of amides is 1. The standard InChI is InChI=1S/C31H32F3N3O2/c32-31(33,34)25-12-10-24(11-13-25)27(20-30(38)35-14-15-36-16-18-39-19-17-36)28-22-37(21-23-6-2-1-3-7-23)29-9-5-4-8-26(28)29/h1-13,22,27H,14-21H2,(H,35,38)/t27-/m0/s1. The van der Waals surface area contributed by atoms with Gasteiger partial charge in [-0.3, -0.25) is 9.69 Å². The third-order valence-electron chi connectivity index (χ3n) is 7.27. The number of nitrogens with one attached hydrogen (secondary N) is 1. The molecule has 1 aromatic heterocycles. The van der Waals surface area contributed by atoms with Gasteiger partial charge in [0.25, 0.3) is 0 Å². The molecule has 204 valence electrons. The van der Waals surface area contributed by atoms with E-state index in [1.165, 1.54) is 12.1 Å². The van der Waals surface area contributed by atoms with Gasteiger partial charge in [0.05, 0.1) is 18.8 Å². The minimum Gasteiger partial charge on any atom is -0.379 e. The van der Waals surface area contributed by atoms with Crippen LogP contribution in [0.15, 0.2) is 85.1 Å². The maximum Gasteiger partial charge on any atom is 0.416 e. The second kappa shape index (κ2) is 12.1. The molecule has 3 aromatic carbocycles. The third-order valence-corrected chi connectivity index (χ3v) is 7.27. The molecule has 2 heterocycles. The topological polar surface area (TPSA) is 46.5 Å². The van der Waals surface area contributed by atoms with Crippen LogP contribution in [0.25, 0.3) is 10.9 Å². The minimum atomic E-state index is -4.42. The summed E-state index contributed by atoms with van der Waals surface area (Å²) in [4.78, 5) is 15.4. The van der Waals surface area contributed by atoms with E-state index in [1.54, 1.807) is 0 Å². The van der Waals surface area contributed by atoms with Crippen LogP contribution >= 0.6 is 0 Å². The predicted molar refractivity (Wildman–Crippen MR) is 146 cm³/mol. The number of morpholine rings is 1. The van der Waals surface area contributed by atoms with E-state index in [9.17, 15) is 18.0 Å². The van der Waals surface area contributed by atoms with Crippen molar-refractivity contribution in [2.75, 3.05) is 39.4 Å². The molecule has 1 fully saturated rings. The van der Waals surface area contributed by atoms with Crippen LogP contribution in [0.1, 0.15) is 34.6 Å². The van der Waals surface area contributed by atoms with Crippen molar-refractivity contribution in [1.29, 1.82) is 0 Å². The van der Waals surface area contributed by atoms with E-state index in [-0.39, 0.29) is 12.3 Å². The summed E-state index contributed by atoms with van der Waals surface area (Å²) in [7, 11) is 0. The fraction of sp³-hybridized carbons (Fsp3) is 0.323. The summed E-state index contributed by atoms with van der Waals surface area (Å²) in [6.07, 6.45) is -2.24. The second-order valence-electron chi connectivity index (χ2n) is 9.90. The third kappa shape index (κ3) is 6.69. The fourth-order valence-electron chi connectivity index (χ4n) is 5.21. The van der Waals surface area contributed by atoms with Gasteiger partial charge in [0, 0.05) is 62.2 Å². The van der Waals surface area contributed by atoms with Crippen LogP contribution in [0, 0.1) is 0 Å². The lowest BCUT2D eigenvalue weighted by molar-refractivity contribution is -0.137. The van der Waals surface area contributed by atoms with Gasteiger partial charge in [-0.15, -0.1) is 0 Å². The van der Waals surface area contributed by atoms with Crippen LogP contribution in [0.4, 0.5) is 13.2 Å². The Morgan fingerprint density at radius 3 is 2.33 bits per heavy atom. The number of fused-ring (bicyclic) bond motifs is 1. The van der Waals surface area contributed by atoms with Crippen LogP contribution < -0.4 is 5.32 Å².